The number of ketones is 1. The molecule has 0 aromatic carbocycles. The number of hydrogen-bond donors (Lipinski definition) is 1. The van der Waals surface area contributed by atoms with Crippen LogP contribution in [0.15, 0.2) is 12.2 Å². The molecule has 1 aliphatic heterocycles. The Morgan fingerprint density at radius 3 is 2.92 bits per heavy atom. The SMILES string of the molecule is O=C1COC(O)[C@H]2[C@@H]1[C@H]1C=C[C@H]2C1. The van der Waals surface area contributed by atoms with Gasteiger partial charge in [-0.05, 0) is 18.3 Å². The molecule has 13 heavy (non-hydrogen) atoms. The van der Waals surface area contributed by atoms with Gasteiger partial charge in [-0.2, -0.15) is 0 Å². The number of ether oxygens (including phenoxy) is 1. The normalized spacial score (nSPS) is 52.7. The van der Waals surface area contributed by atoms with Crippen molar-refractivity contribution in [2.24, 2.45) is 23.7 Å². The first-order valence-corrected chi connectivity index (χ1v) is 4.78. The van der Waals surface area contributed by atoms with Gasteiger partial charge in [-0.1, -0.05) is 12.2 Å². The summed E-state index contributed by atoms with van der Waals surface area (Å²) in [5, 5.41) is 9.61. The Morgan fingerprint density at radius 1 is 1.38 bits per heavy atom. The van der Waals surface area contributed by atoms with Gasteiger partial charge in [-0.25, -0.2) is 0 Å². The molecule has 3 aliphatic rings. The highest BCUT2D eigenvalue weighted by Gasteiger charge is 2.53. The molecule has 0 amide bonds. The third-order valence-electron chi connectivity index (χ3n) is 3.62. The van der Waals surface area contributed by atoms with Crippen molar-refractivity contribution in [3.8, 4) is 0 Å². The van der Waals surface area contributed by atoms with Crippen LogP contribution in [0.3, 0.4) is 0 Å². The van der Waals surface area contributed by atoms with E-state index >= 15 is 0 Å². The molecule has 3 nitrogen and oxygen atoms in total. The van der Waals surface area contributed by atoms with Crippen molar-refractivity contribution in [3.05, 3.63) is 12.2 Å². The van der Waals surface area contributed by atoms with Crippen LogP contribution in [0.4, 0.5) is 0 Å². The summed E-state index contributed by atoms with van der Waals surface area (Å²) in [6.45, 7) is 0.0966. The van der Waals surface area contributed by atoms with E-state index in [0.29, 0.717) is 11.8 Å². The van der Waals surface area contributed by atoms with Gasteiger partial charge >= 0.3 is 0 Å². The summed E-state index contributed by atoms with van der Waals surface area (Å²) in [7, 11) is 0. The van der Waals surface area contributed by atoms with Gasteiger partial charge in [0.15, 0.2) is 12.1 Å². The van der Waals surface area contributed by atoms with Gasteiger partial charge in [-0.3, -0.25) is 4.79 Å². The molecule has 1 unspecified atom stereocenters. The first-order valence-electron chi connectivity index (χ1n) is 4.78. The van der Waals surface area contributed by atoms with Crippen LogP contribution in [0.5, 0.6) is 0 Å². The van der Waals surface area contributed by atoms with Crippen molar-refractivity contribution < 1.29 is 14.6 Å². The maximum Gasteiger partial charge on any atom is 0.162 e. The molecule has 70 valence electrons. The van der Waals surface area contributed by atoms with Crippen molar-refractivity contribution in [2.45, 2.75) is 12.7 Å². The number of allylic oxidation sites excluding steroid dienone is 2. The standard InChI is InChI=1S/C10H12O3/c11-7-4-13-10(12)9-6-2-1-5(3-6)8(7)9/h1-2,5-6,8-10,12H,3-4H2/t5-,6-,8+,9+,10?/m0/s1. The Labute approximate surface area is 76.4 Å². The van der Waals surface area contributed by atoms with Crippen LogP contribution in [-0.4, -0.2) is 23.8 Å². The minimum Gasteiger partial charge on any atom is -0.368 e. The van der Waals surface area contributed by atoms with E-state index in [1.807, 2.05) is 0 Å². The maximum absolute atomic E-state index is 11.5. The van der Waals surface area contributed by atoms with E-state index in [4.69, 9.17) is 4.74 Å². The summed E-state index contributed by atoms with van der Waals surface area (Å²) >= 11 is 0. The van der Waals surface area contributed by atoms with Crippen molar-refractivity contribution in [3.63, 3.8) is 0 Å². The van der Waals surface area contributed by atoms with Crippen LogP contribution in [0.25, 0.3) is 0 Å². The lowest BCUT2D eigenvalue weighted by Gasteiger charge is -2.34. The summed E-state index contributed by atoms with van der Waals surface area (Å²) < 4.78 is 5.03. The lowest BCUT2D eigenvalue weighted by atomic mass is 9.78. The number of fused-ring (bicyclic) bond motifs is 5. The number of rotatable bonds is 0. The second-order valence-corrected chi connectivity index (χ2v) is 4.22. The third kappa shape index (κ3) is 0.888. The van der Waals surface area contributed by atoms with Gasteiger partial charge in [0.1, 0.15) is 6.61 Å². The average Bonchev–Trinajstić information content (AvgIpc) is 2.70. The molecular weight excluding hydrogens is 168 g/mol. The maximum atomic E-state index is 11.5. The van der Waals surface area contributed by atoms with E-state index in [1.54, 1.807) is 0 Å². The number of carbonyl (C=O) groups excluding carboxylic acids is 1. The lowest BCUT2D eigenvalue weighted by molar-refractivity contribution is -0.186. The van der Waals surface area contributed by atoms with E-state index in [1.165, 1.54) is 0 Å². The first kappa shape index (κ1) is 7.71. The molecule has 2 aliphatic carbocycles. The second kappa shape index (κ2) is 2.42. The molecule has 3 rings (SSSR count). The number of aliphatic hydroxyl groups is 1. The summed E-state index contributed by atoms with van der Waals surface area (Å²) in [6.07, 6.45) is 4.56. The molecule has 1 saturated carbocycles. The summed E-state index contributed by atoms with van der Waals surface area (Å²) in [5.74, 6) is 0.998. The van der Waals surface area contributed by atoms with E-state index < -0.39 is 6.29 Å². The zero-order valence-corrected chi connectivity index (χ0v) is 7.22. The fraction of sp³-hybridized carbons (Fsp3) is 0.700. The topological polar surface area (TPSA) is 46.5 Å². The Hall–Kier alpha value is -0.670. The second-order valence-electron chi connectivity index (χ2n) is 4.22. The van der Waals surface area contributed by atoms with E-state index in [2.05, 4.69) is 12.2 Å². The molecule has 0 aromatic rings. The Morgan fingerprint density at radius 2 is 2.15 bits per heavy atom. The minimum absolute atomic E-state index is 0.0382. The first-order chi connectivity index (χ1) is 6.27. The monoisotopic (exact) mass is 180 g/mol. The molecule has 5 atom stereocenters. The highest BCUT2D eigenvalue weighted by molar-refractivity contribution is 5.84. The fourth-order valence-corrected chi connectivity index (χ4v) is 3.08. The number of Topliss-reactive ketones (excluding diaryl/α,β-unsaturated/α-hetero) is 1. The van der Waals surface area contributed by atoms with Gasteiger partial charge in [-0.15, -0.1) is 0 Å². The highest BCUT2D eigenvalue weighted by Crippen LogP contribution is 2.51. The third-order valence-corrected chi connectivity index (χ3v) is 3.62. The molecule has 0 spiro atoms. The highest BCUT2D eigenvalue weighted by atomic mass is 16.6. The smallest absolute Gasteiger partial charge is 0.162 e. The Kier molecular flexibility index (Phi) is 1.44. The van der Waals surface area contributed by atoms with Crippen LogP contribution in [-0.2, 0) is 9.53 Å². The van der Waals surface area contributed by atoms with Crippen LogP contribution in [0, 0.1) is 23.7 Å². The Bertz CT molecular complexity index is 284. The largest absolute Gasteiger partial charge is 0.368 e. The number of carbonyl (C=O) groups is 1. The van der Waals surface area contributed by atoms with Crippen molar-refractivity contribution in [1.29, 1.82) is 0 Å². The predicted octanol–water partition coefficient (Wildman–Crippen LogP) is 0.342. The summed E-state index contributed by atoms with van der Waals surface area (Å²) in [5.41, 5.74) is 0. The van der Waals surface area contributed by atoms with Crippen molar-refractivity contribution in [1.82, 2.24) is 0 Å². The van der Waals surface area contributed by atoms with Gasteiger partial charge in [0.05, 0.1) is 0 Å². The van der Waals surface area contributed by atoms with Crippen LogP contribution < -0.4 is 0 Å². The molecule has 0 aromatic heterocycles. The zero-order chi connectivity index (χ0) is 9.00. The molecule has 1 heterocycles. The van der Waals surface area contributed by atoms with E-state index in [-0.39, 0.29) is 24.2 Å². The van der Waals surface area contributed by atoms with Gasteiger partial charge in [0.25, 0.3) is 0 Å². The molecule has 3 heteroatoms. The lowest BCUT2D eigenvalue weighted by Crippen LogP contribution is -2.44. The summed E-state index contributed by atoms with van der Waals surface area (Å²) in [6, 6.07) is 0. The minimum atomic E-state index is -0.720. The molecule has 1 N–H and O–H groups in total. The Balaban J connectivity index is 1.98. The van der Waals surface area contributed by atoms with Crippen LogP contribution in [0.2, 0.25) is 0 Å². The van der Waals surface area contributed by atoms with Gasteiger partial charge < -0.3 is 9.84 Å². The van der Waals surface area contributed by atoms with Crippen LogP contribution in [0.1, 0.15) is 6.42 Å². The number of aliphatic hydroxyl groups excluding tert-OH is 1. The molecule has 2 fully saturated rings. The van der Waals surface area contributed by atoms with Gasteiger partial charge in [0, 0.05) is 11.8 Å². The molecular formula is C10H12O3. The van der Waals surface area contributed by atoms with Crippen molar-refractivity contribution >= 4 is 5.78 Å². The number of hydrogen-bond acceptors (Lipinski definition) is 3. The van der Waals surface area contributed by atoms with Crippen molar-refractivity contribution in [2.75, 3.05) is 6.61 Å². The predicted molar refractivity (Wildman–Crippen MR) is 44.7 cm³/mol. The molecule has 1 saturated heterocycles. The molecule has 2 bridgehead atoms. The van der Waals surface area contributed by atoms with E-state index in [0.717, 1.165) is 6.42 Å². The van der Waals surface area contributed by atoms with Crippen LogP contribution >= 0.6 is 0 Å². The van der Waals surface area contributed by atoms with Gasteiger partial charge in [0.2, 0.25) is 0 Å². The van der Waals surface area contributed by atoms with E-state index in [9.17, 15) is 9.90 Å². The summed E-state index contributed by atoms with van der Waals surface area (Å²) in [4.78, 5) is 11.5. The fourth-order valence-electron chi connectivity index (χ4n) is 3.08. The quantitative estimate of drug-likeness (QED) is 0.547. The average molecular weight is 180 g/mol. The molecule has 0 radical (unpaired) electrons. The zero-order valence-electron chi connectivity index (χ0n) is 7.22.